The van der Waals surface area contributed by atoms with Gasteiger partial charge < -0.3 is 10.4 Å². The van der Waals surface area contributed by atoms with Crippen molar-refractivity contribution in [1.82, 2.24) is 15.1 Å². The van der Waals surface area contributed by atoms with Crippen molar-refractivity contribution in [2.75, 3.05) is 6.54 Å². The zero-order valence-corrected chi connectivity index (χ0v) is 11.7. The van der Waals surface area contributed by atoms with Crippen molar-refractivity contribution < 1.29 is 5.11 Å². The van der Waals surface area contributed by atoms with Gasteiger partial charge in [0.05, 0.1) is 17.8 Å². The number of nitrogens with one attached hydrogen (secondary N) is 1. The first-order valence-electron chi connectivity index (χ1n) is 6.42. The van der Waals surface area contributed by atoms with Gasteiger partial charge in [-0.3, -0.25) is 4.68 Å². The lowest BCUT2D eigenvalue weighted by molar-refractivity contribution is 0.0566. The minimum absolute atomic E-state index is 0.412. The Morgan fingerprint density at radius 3 is 2.95 bits per heavy atom. The van der Waals surface area contributed by atoms with Crippen LogP contribution < -0.4 is 5.32 Å². The number of aromatic nitrogens is 2. The fraction of sp³-hybridized carbons (Fsp3) is 0.333. The summed E-state index contributed by atoms with van der Waals surface area (Å²) in [4.78, 5) is 0. The summed E-state index contributed by atoms with van der Waals surface area (Å²) in [5.41, 5.74) is 1.47. The second kappa shape index (κ2) is 5.87. The van der Waals surface area contributed by atoms with E-state index in [-0.39, 0.29) is 0 Å². The predicted molar refractivity (Wildman–Crippen MR) is 75.6 cm³/mol. The van der Waals surface area contributed by atoms with Crippen molar-refractivity contribution >= 4 is 0 Å². The van der Waals surface area contributed by atoms with Gasteiger partial charge in [0.1, 0.15) is 5.60 Å². The average molecular weight is 270 g/mol. The summed E-state index contributed by atoms with van der Waals surface area (Å²) in [6.07, 6.45) is 3.47. The molecule has 2 N–H and O–H groups in total. The van der Waals surface area contributed by atoms with Crippen LogP contribution in [0.2, 0.25) is 0 Å². The van der Waals surface area contributed by atoms with Crippen LogP contribution in [0.5, 0.6) is 0 Å². The van der Waals surface area contributed by atoms with Crippen molar-refractivity contribution in [1.29, 1.82) is 5.26 Å². The molecule has 0 fully saturated rings. The molecule has 104 valence electrons. The highest BCUT2D eigenvalue weighted by molar-refractivity contribution is 5.32. The second-order valence-corrected chi connectivity index (χ2v) is 5.09. The van der Waals surface area contributed by atoms with E-state index in [2.05, 4.69) is 16.5 Å². The molecule has 0 spiro atoms. The molecule has 0 saturated heterocycles. The molecule has 0 amide bonds. The Morgan fingerprint density at radius 2 is 2.30 bits per heavy atom. The molecule has 1 aromatic heterocycles. The van der Waals surface area contributed by atoms with Gasteiger partial charge in [-0.2, -0.15) is 10.4 Å². The Hall–Kier alpha value is -2.16. The maximum atomic E-state index is 10.4. The van der Waals surface area contributed by atoms with Crippen LogP contribution in [0.25, 0.3) is 0 Å². The normalized spacial score (nSPS) is 13.7. The molecule has 0 bridgehead atoms. The SMILES string of the molecule is Cn1cc(C(C)(O)CNCc2cccc(C#N)c2)cn1. The minimum Gasteiger partial charge on any atom is -0.384 e. The van der Waals surface area contributed by atoms with E-state index in [0.717, 1.165) is 11.1 Å². The Kier molecular flexibility index (Phi) is 4.18. The van der Waals surface area contributed by atoms with E-state index in [4.69, 9.17) is 5.26 Å². The van der Waals surface area contributed by atoms with Crippen molar-refractivity contribution in [2.24, 2.45) is 7.05 Å². The van der Waals surface area contributed by atoms with Gasteiger partial charge >= 0.3 is 0 Å². The first kappa shape index (κ1) is 14.3. The largest absolute Gasteiger partial charge is 0.384 e. The number of nitriles is 1. The lowest BCUT2D eigenvalue weighted by Crippen LogP contribution is -2.34. The van der Waals surface area contributed by atoms with Gasteiger partial charge in [-0.05, 0) is 24.6 Å². The molecule has 2 rings (SSSR count). The van der Waals surface area contributed by atoms with E-state index in [1.54, 1.807) is 30.1 Å². The molecule has 1 unspecified atom stereocenters. The predicted octanol–water partition coefficient (Wildman–Crippen LogP) is 1.29. The van der Waals surface area contributed by atoms with E-state index in [9.17, 15) is 5.11 Å². The zero-order valence-electron chi connectivity index (χ0n) is 11.7. The standard InChI is InChI=1S/C15H18N4O/c1-15(20,14-9-18-19(2)10-14)11-17-8-13-5-3-4-12(6-13)7-16/h3-6,9-10,17,20H,8,11H2,1-2H3. The van der Waals surface area contributed by atoms with E-state index < -0.39 is 5.60 Å². The van der Waals surface area contributed by atoms with Gasteiger partial charge in [0, 0.05) is 31.9 Å². The molecule has 1 heterocycles. The molecule has 5 heteroatoms. The highest BCUT2D eigenvalue weighted by Gasteiger charge is 2.23. The summed E-state index contributed by atoms with van der Waals surface area (Å²) in [6, 6.07) is 9.53. The van der Waals surface area contributed by atoms with Crippen LogP contribution in [0.3, 0.4) is 0 Å². The number of aliphatic hydroxyl groups is 1. The monoisotopic (exact) mass is 270 g/mol. The molecule has 0 saturated carbocycles. The molecular formula is C15H18N4O. The van der Waals surface area contributed by atoms with E-state index >= 15 is 0 Å². The van der Waals surface area contributed by atoms with Crippen molar-refractivity contribution in [3.8, 4) is 6.07 Å². The minimum atomic E-state index is -0.971. The summed E-state index contributed by atoms with van der Waals surface area (Å²) in [5.74, 6) is 0. The van der Waals surface area contributed by atoms with Crippen molar-refractivity contribution in [2.45, 2.75) is 19.1 Å². The first-order chi connectivity index (χ1) is 9.51. The van der Waals surface area contributed by atoms with Crippen LogP contribution in [0, 0.1) is 11.3 Å². The molecule has 0 radical (unpaired) electrons. The van der Waals surface area contributed by atoms with Gasteiger partial charge in [0.15, 0.2) is 0 Å². The van der Waals surface area contributed by atoms with Gasteiger partial charge in [-0.1, -0.05) is 12.1 Å². The van der Waals surface area contributed by atoms with Crippen LogP contribution in [-0.4, -0.2) is 21.4 Å². The van der Waals surface area contributed by atoms with Crippen LogP contribution in [-0.2, 0) is 19.2 Å². The molecule has 5 nitrogen and oxygen atoms in total. The summed E-state index contributed by atoms with van der Waals surface area (Å²) in [7, 11) is 1.82. The molecule has 1 atom stereocenters. The summed E-state index contributed by atoms with van der Waals surface area (Å²) in [6.45, 7) is 2.77. The number of benzene rings is 1. The van der Waals surface area contributed by atoms with Crippen LogP contribution in [0.15, 0.2) is 36.7 Å². The maximum Gasteiger partial charge on any atom is 0.102 e. The number of nitrogens with zero attached hydrogens (tertiary/aromatic N) is 3. The smallest absolute Gasteiger partial charge is 0.102 e. The molecule has 0 aliphatic carbocycles. The zero-order chi connectivity index (χ0) is 14.6. The third kappa shape index (κ3) is 3.44. The molecule has 2 aromatic rings. The van der Waals surface area contributed by atoms with Crippen LogP contribution in [0.4, 0.5) is 0 Å². The Bertz CT molecular complexity index is 625. The topological polar surface area (TPSA) is 73.9 Å². The number of rotatable bonds is 5. The fourth-order valence-corrected chi connectivity index (χ4v) is 2.00. The van der Waals surface area contributed by atoms with Gasteiger partial charge in [0.25, 0.3) is 0 Å². The van der Waals surface area contributed by atoms with Gasteiger partial charge in [0.2, 0.25) is 0 Å². The lowest BCUT2D eigenvalue weighted by Gasteiger charge is -2.22. The van der Waals surface area contributed by atoms with Gasteiger partial charge in [-0.15, -0.1) is 0 Å². The van der Waals surface area contributed by atoms with Crippen molar-refractivity contribution in [3.63, 3.8) is 0 Å². The summed E-state index contributed by atoms with van der Waals surface area (Å²) < 4.78 is 1.67. The van der Waals surface area contributed by atoms with Crippen LogP contribution >= 0.6 is 0 Å². The molecular weight excluding hydrogens is 252 g/mol. The van der Waals surface area contributed by atoms with E-state index in [0.29, 0.717) is 18.7 Å². The highest BCUT2D eigenvalue weighted by Crippen LogP contribution is 2.18. The number of hydrogen-bond acceptors (Lipinski definition) is 4. The third-order valence-electron chi connectivity index (χ3n) is 3.18. The molecule has 1 aromatic carbocycles. The number of aryl methyl sites for hydroxylation is 1. The Morgan fingerprint density at radius 1 is 1.50 bits per heavy atom. The van der Waals surface area contributed by atoms with E-state index in [1.807, 2.05) is 25.2 Å². The van der Waals surface area contributed by atoms with Crippen molar-refractivity contribution in [3.05, 3.63) is 53.3 Å². The van der Waals surface area contributed by atoms with Crippen LogP contribution in [0.1, 0.15) is 23.6 Å². The second-order valence-electron chi connectivity index (χ2n) is 5.09. The van der Waals surface area contributed by atoms with Gasteiger partial charge in [-0.25, -0.2) is 0 Å². The molecule has 0 aliphatic rings. The maximum absolute atomic E-state index is 10.4. The number of hydrogen-bond donors (Lipinski definition) is 2. The first-order valence-corrected chi connectivity index (χ1v) is 6.42. The van der Waals surface area contributed by atoms with E-state index in [1.165, 1.54) is 0 Å². The summed E-state index contributed by atoms with van der Waals surface area (Å²) >= 11 is 0. The quantitative estimate of drug-likeness (QED) is 0.858. The Labute approximate surface area is 118 Å². The molecule has 0 aliphatic heterocycles. The third-order valence-corrected chi connectivity index (χ3v) is 3.18. The molecule has 20 heavy (non-hydrogen) atoms. The lowest BCUT2D eigenvalue weighted by atomic mass is 9.99. The average Bonchev–Trinajstić information content (AvgIpc) is 2.86. The summed E-state index contributed by atoms with van der Waals surface area (Å²) in [5, 5.41) is 26.5. The Balaban J connectivity index is 1.93. The highest BCUT2D eigenvalue weighted by atomic mass is 16.3. The fourth-order valence-electron chi connectivity index (χ4n) is 2.00.